The number of halogens is 3. The minimum atomic E-state index is -4.79. The van der Waals surface area contributed by atoms with Gasteiger partial charge in [-0.1, -0.05) is 32.6 Å². The summed E-state index contributed by atoms with van der Waals surface area (Å²) in [6, 6.07) is 2.28. The van der Waals surface area contributed by atoms with Crippen molar-refractivity contribution in [2.75, 3.05) is 0 Å². The number of ether oxygens (including phenoxy) is 2. The first kappa shape index (κ1) is 19.5. The average molecular weight is 359 g/mol. The van der Waals surface area contributed by atoms with Gasteiger partial charge in [-0.3, -0.25) is 4.79 Å². The largest absolute Gasteiger partial charge is 0.574 e. The van der Waals surface area contributed by atoms with Gasteiger partial charge in [-0.2, -0.15) is 0 Å². The molecular weight excluding hydrogens is 335 g/mol. The Morgan fingerprint density at radius 2 is 1.92 bits per heavy atom. The second kappa shape index (κ2) is 9.06. The monoisotopic (exact) mass is 359 g/mol. The van der Waals surface area contributed by atoms with Crippen molar-refractivity contribution >= 4 is 5.97 Å². The van der Waals surface area contributed by atoms with Crippen LogP contribution in [0.3, 0.4) is 0 Å². The van der Waals surface area contributed by atoms with Gasteiger partial charge in [0.05, 0.1) is 12.1 Å². The Balaban J connectivity index is 1.77. The summed E-state index contributed by atoms with van der Waals surface area (Å²) in [6.45, 7) is 2.18. The predicted molar refractivity (Wildman–Crippen MR) is 86.1 cm³/mol. The molecule has 0 amide bonds. The van der Waals surface area contributed by atoms with E-state index in [4.69, 9.17) is 4.74 Å². The number of carbonyl (C=O) groups excluding carboxylic acids is 1. The Labute approximate surface area is 145 Å². The third kappa shape index (κ3) is 6.92. The highest BCUT2D eigenvalue weighted by Gasteiger charge is 2.32. The first-order valence-electron chi connectivity index (χ1n) is 8.81. The van der Waals surface area contributed by atoms with Gasteiger partial charge in [0, 0.05) is 6.07 Å². The molecule has 0 bridgehead atoms. The van der Waals surface area contributed by atoms with Crippen LogP contribution < -0.4 is 9.47 Å². The summed E-state index contributed by atoms with van der Waals surface area (Å²) in [4.78, 5) is 15.7. The van der Waals surface area contributed by atoms with Crippen molar-refractivity contribution in [1.29, 1.82) is 0 Å². The van der Waals surface area contributed by atoms with Crippen molar-refractivity contribution in [3.05, 3.63) is 18.3 Å². The van der Waals surface area contributed by atoms with Gasteiger partial charge in [-0.15, -0.1) is 13.2 Å². The standard InChI is InChI=1S/C18H24F3NO3/c1-2-3-4-5-13-6-8-14(9-7-13)17(23)24-15-10-11-16(22-12-15)25-18(19,20)21/h10-14H,2-9H2,1H3/t13-,14-. The third-order valence-corrected chi connectivity index (χ3v) is 4.54. The molecule has 0 unspecified atom stereocenters. The zero-order valence-electron chi connectivity index (χ0n) is 14.3. The van der Waals surface area contributed by atoms with E-state index in [1.807, 2.05) is 0 Å². The molecule has 0 atom stereocenters. The molecule has 1 aliphatic rings. The molecule has 1 fully saturated rings. The maximum atomic E-state index is 12.2. The SMILES string of the molecule is CCCCC[C@H]1CC[C@H](C(=O)Oc2ccc(OC(F)(F)F)nc2)CC1. The summed E-state index contributed by atoms with van der Waals surface area (Å²) in [5.41, 5.74) is 0. The zero-order chi connectivity index (χ0) is 18.3. The minimum Gasteiger partial charge on any atom is -0.425 e. The van der Waals surface area contributed by atoms with E-state index in [9.17, 15) is 18.0 Å². The quantitative estimate of drug-likeness (QED) is 0.491. The van der Waals surface area contributed by atoms with Crippen LogP contribution in [0.2, 0.25) is 0 Å². The highest BCUT2D eigenvalue weighted by atomic mass is 19.4. The van der Waals surface area contributed by atoms with E-state index in [0.717, 1.165) is 37.9 Å². The zero-order valence-corrected chi connectivity index (χ0v) is 14.3. The number of unbranched alkanes of at least 4 members (excludes halogenated alkanes) is 2. The van der Waals surface area contributed by atoms with Gasteiger partial charge < -0.3 is 9.47 Å². The lowest BCUT2D eigenvalue weighted by molar-refractivity contribution is -0.276. The number of hydrogen-bond donors (Lipinski definition) is 0. The number of esters is 1. The van der Waals surface area contributed by atoms with Crippen molar-refractivity contribution in [3.8, 4) is 11.6 Å². The number of pyridine rings is 1. The van der Waals surface area contributed by atoms with Gasteiger partial charge in [0.1, 0.15) is 5.75 Å². The first-order chi connectivity index (χ1) is 11.9. The maximum Gasteiger partial charge on any atom is 0.574 e. The number of rotatable bonds is 7. The summed E-state index contributed by atoms with van der Waals surface area (Å²) >= 11 is 0. The lowest BCUT2D eigenvalue weighted by Crippen LogP contribution is -2.25. The molecule has 0 aromatic carbocycles. The van der Waals surface area contributed by atoms with Crippen molar-refractivity contribution in [3.63, 3.8) is 0 Å². The second-order valence-corrected chi connectivity index (χ2v) is 6.51. The van der Waals surface area contributed by atoms with Crippen molar-refractivity contribution < 1.29 is 27.4 Å². The van der Waals surface area contributed by atoms with Crippen LogP contribution in [0.1, 0.15) is 58.3 Å². The molecule has 7 heteroatoms. The van der Waals surface area contributed by atoms with E-state index in [2.05, 4.69) is 16.6 Å². The molecule has 140 valence electrons. The first-order valence-corrected chi connectivity index (χ1v) is 8.81. The fraction of sp³-hybridized carbons (Fsp3) is 0.667. The maximum absolute atomic E-state index is 12.2. The third-order valence-electron chi connectivity index (χ3n) is 4.54. The van der Waals surface area contributed by atoms with E-state index in [0.29, 0.717) is 5.92 Å². The van der Waals surface area contributed by atoms with Crippen LogP contribution in [-0.4, -0.2) is 17.3 Å². The Hall–Kier alpha value is -1.79. The van der Waals surface area contributed by atoms with Crippen LogP contribution in [0.4, 0.5) is 13.2 Å². The van der Waals surface area contributed by atoms with Crippen LogP contribution in [0, 0.1) is 11.8 Å². The van der Waals surface area contributed by atoms with E-state index in [1.54, 1.807) is 0 Å². The molecule has 1 aromatic rings. The molecule has 25 heavy (non-hydrogen) atoms. The number of alkyl halides is 3. The number of carbonyl (C=O) groups is 1. The van der Waals surface area contributed by atoms with Gasteiger partial charge in [0.25, 0.3) is 0 Å². The highest BCUT2D eigenvalue weighted by molar-refractivity contribution is 5.75. The summed E-state index contributed by atoms with van der Waals surface area (Å²) in [5.74, 6) is -0.243. The lowest BCUT2D eigenvalue weighted by atomic mass is 9.80. The highest BCUT2D eigenvalue weighted by Crippen LogP contribution is 2.33. The van der Waals surface area contributed by atoms with Gasteiger partial charge >= 0.3 is 12.3 Å². The smallest absolute Gasteiger partial charge is 0.425 e. The van der Waals surface area contributed by atoms with E-state index < -0.39 is 12.2 Å². The van der Waals surface area contributed by atoms with Crippen molar-refractivity contribution in [2.24, 2.45) is 11.8 Å². The minimum absolute atomic E-state index is 0.129. The average Bonchev–Trinajstić information content (AvgIpc) is 2.56. The van der Waals surface area contributed by atoms with Gasteiger partial charge in [0.2, 0.25) is 5.88 Å². The van der Waals surface area contributed by atoms with Crippen LogP contribution >= 0.6 is 0 Å². The Bertz CT molecular complexity index is 537. The normalized spacial score (nSPS) is 21.0. The number of nitrogens with zero attached hydrogens (tertiary/aromatic N) is 1. The molecule has 4 nitrogen and oxygen atoms in total. The summed E-state index contributed by atoms with van der Waals surface area (Å²) in [7, 11) is 0. The molecule has 1 heterocycles. The Morgan fingerprint density at radius 3 is 2.48 bits per heavy atom. The number of aromatic nitrogens is 1. The molecule has 1 aliphatic carbocycles. The van der Waals surface area contributed by atoms with Crippen LogP contribution in [0.15, 0.2) is 18.3 Å². The molecule has 2 rings (SSSR count). The van der Waals surface area contributed by atoms with Crippen LogP contribution in [0.25, 0.3) is 0 Å². The fourth-order valence-electron chi connectivity index (χ4n) is 3.18. The fourth-order valence-corrected chi connectivity index (χ4v) is 3.18. The number of hydrogen-bond acceptors (Lipinski definition) is 4. The molecule has 0 saturated heterocycles. The van der Waals surface area contributed by atoms with Crippen molar-refractivity contribution in [2.45, 2.75) is 64.7 Å². The lowest BCUT2D eigenvalue weighted by Gasteiger charge is -2.27. The topological polar surface area (TPSA) is 48.4 Å². The van der Waals surface area contributed by atoms with Crippen LogP contribution in [0.5, 0.6) is 11.6 Å². The van der Waals surface area contributed by atoms with Gasteiger partial charge in [-0.25, -0.2) is 4.98 Å². The van der Waals surface area contributed by atoms with E-state index in [-0.39, 0.29) is 17.6 Å². The molecule has 0 spiro atoms. The summed E-state index contributed by atoms with van der Waals surface area (Å²) in [5, 5.41) is 0. The van der Waals surface area contributed by atoms with Gasteiger partial charge in [0.15, 0.2) is 0 Å². The second-order valence-electron chi connectivity index (χ2n) is 6.51. The molecule has 0 N–H and O–H groups in total. The summed E-state index contributed by atoms with van der Waals surface area (Å²) < 4.78 is 45.1. The van der Waals surface area contributed by atoms with E-state index in [1.165, 1.54) is 31.7 Å². The molecule has 0 aliphatic heterocycles. The molecule has 0 radical (unpaired) electrons. The predicted octanol–water partition coefficient (Wildman–Crippen LogP) is 5.27. The van der Waals surface area contributed by atoms with Crippen molar-refractivity contribution in [1.82, 2.24) is 4.98 Å². The Kier molecular flexibility index (Phi) is 7.08. The van der Waals surface area contributed by atoms with Crippen LogP contribution in [-0.2, 0) is 4.79 Å². The van der Waals surface area contributed by atoms with Gasteiger partial charge in [-0.05, 0) is 37.7 Å². The molecule has 1 aromatic heterocycles. The molecule has 1 saturated carbocycles. The molecular formula is C18H24F3NO3. The van der Waals surface area contributed by atoms with E-state index >= 15 is 0 Å². The summed E-state index contributed by atoms with van der Waals surface area (Å²) in [6.07, 6.45) is 4.87. The Morgan fingerprint density at radius 1 is 1.20 bits per heavy atom.